The molecular formula is C10H11NO6. The van der Waals surface area contributed by atoms with Crippen LogP contribution in [-0.4, -0.2) is 39.7 Å². The van der Waals surface area contributed by atoms with E-state index >= 15 is 0 Å². The fourth-order valence-electron chi connectivity index (χ4n) is 0.702. The van der Waals surface area contributed by atoms with Crippen molar-refractivity contribution in [3.8, 4) is 0 Å². The number of carbonyl (C=O) groups is 3. The van der Waals surface area contributed by atoms with E-state index in [9.17, 15) is 4.79 Å². The highest BCUT2D eigenvalue weighted by molar-refractivity contribution is 6.27. The Morgan fingerprint density at radius 1 is 1.18 bits per heavy atom. The van der Waals surface area contributed by atoms with Gasteiger partial charge in [0.2, 0.25) is 0 Å². The molecule has 1 heterocycles. The minimum atomic E-state index is -1.82. The summed E-state index contributed by atoms with van der Waals surface area (Å²) < 4.78 is 4.76. The van der Waals surface area contributed by atoms with Crippen LogP contribution >= 0.6 is 0 Å². The van der Waals surface area contributed by atoms with Crippen LogP contribution in [-0.2, 0) is 14.3 Å². The second-order valence-corrected chi connectivity index (χ2v) is 2.57. The van der Waals surface area contributed by atoms with Crippen LogP contribution in [0.25, 0.3) is 0 Å². The molecule has 7 heteroatoms. The summed E-state index contributed by atoms with van der Waals surface area (Å²) in [6, 6.07) is 3.25. The number of carbonyl (C=O) groups excluding carboxylic acids is 1. The van der Waals surface area contributed by atoms with Gasteiger partial charge in [0.05, 0.1) is 12.2 Å². The van der Waals surface area contributed by atoms with E-state index in [2.05, 4.69) is 4.98 Å². The zero-order valence-electron chi connectivity index (χ0n) is 8.99. The Morgan fingerprint density at radius 2 is 1.65 bits per heavy atom. The summed E-state index contributed by atoms with van der Waals surface area (Å²) in [6.07, 6.45) is 3.12. The predicted octanol–water partition coefficient (Wildman–Crippen LogP) is 0.414. The van der Waals surface area contributed by atoms with Gasteiger partial charge in [-0.1, -0.05) is 0 Å². The fourth-order valence-corrected chi connectivity index (χ4v) is 0.702. The summed E-state index contributed by atoms with van der Waals surface area (Å²) >= 11 is 0. The molecule has 0 atom stereocenters. The second-order valence-electron chi connectivity index (χ2n) is 2.57. The zero-order valence-corrected chi connectivity index (χ0v) is 8.99. The molecule has 0 spiro atoms. The number of carboxylic acids is 2. The monoisotopic (exact) mass is 242 g/mol. The van der Waals surface area contributed by atoms with Gasteiger partial charge in [-0.3, -0.25) is 4.98 Å². The van der Waals surface area contributed by atoms with Gasteiger partial charge in [0, 0.05) is 12.4 Å². The lowest BCUT2D eigenvalue weighted by molar-refractivity contribution is -0.159. The van der Waals surface area contributed by atoms with Crippen LogP contribution in [0.15, 0.2) is 24.5 Å². The molecule has 0 bridgehead atoms. The first-order valence-electron chi connectivity index (χ1n) is 4.52. The van der Waals surface area contributed by atoms with Gasteiger partial charge in [-0.25, -0.2) is 14.4 Å². The van der Waals surface area contributed by atoms with Gasteiger partial charge < -0.3 is 14.9 Å². The third kappa shape index (κ3) is 6.61. The quantitative estimate of drug-likeness (QED) is 0.570. The first-order valence-corrected chi connectivity index (χ1v) is 4.52. The summed E-state index contributed by atoms with van der Waals surface area (Å²) in [4.78, 5) is 33.0. The van der Waals surface area contributed by atoms with Crippen LogP contribution in [0.4, 0.5) is 0 Å². The summed E-state index contributed by atoms with van der Waals surface area (Å²) in [6.45, 7) is 2.18. The molecular weight excluding hydrogens is 231 g/mol. The first kappa shape index (κ1) is 14.6. The average molecular weight is 242 g/mol. The smallest absolute Gasteiger partial charge is 0.414 e. The highest BCUT2D eigenvalue weighted by Gasteiger charge is 2.04. The number of ether oxygens (including phenoxy) is 1. The van der Waals surface area contributed by atoms with E-state index in [1.54, 1.807) is 31.5 Å². The number of hydrogen-bond acceptors (Lipinski definition) is 5. The number of nitrogens with zero attached hydrogens (tertiary/aromatic N) is 1. The van der Waals surface area contributed by atoms with E-state index < -0.39 is 11.9 Å². The molecule has 0 unspecified atom stereocenters. The van der Waals surface area contributed by atoms with E-state index in [1.165, 1.54) is 0 Å². The number of aliphatic carboxylic acids is 2. The number of rotatable bonds is 2. The standard InChI is InChI=1S/C8H9NO2.C2H2O4/c1-2-11-8(10)7-3-5-9-6-4-7;3-1(4)2(5)6/h3-6H,2H2,1H3;(H,3,4)(H,5,6)/i9+1;. The fraction of sp³-hybridized carbons (Fsp3) is 0.200. The van der Waals surface area contributed by atoms with Gasteiger partial charge in [-0.15, -0.1) is 0 Å². The van der Waals surface area contributed by atoms with Gasteiger partial charge in [-0.05, 0) is 19.1 Å². The van der Waals surface area contributed by atoms with Crippen LogP contribution in [0.3, 0.4) is 0 Å². The van der Waals surface area contributed by atoms with E-state index in [-0.39, 0.29) is 5.97 Å². The number of carboxylic acid groups (broad SMARTS) is 2. The lowest BCUT2D eigenvalue weighted by Crippen LogP contribution is -2.09. The number of aromatic nitrogens is 1. The molecule has 0 amide bonds. The lowest BCUT2D eigenvalue weighted by atomic mass is 10.3. The highest BCUT2D eigenvalue weighted by Crippen LogP contribution is 1.98. The van der Waals surface area contributed by atoms with Gasteiger partial charge in [0.25, 0.3) is 0 Å². The normalized spacial score (nSPS) is 8.53. The van der Waals surface area contributed by atoms with Gasteiger partial charge in [-0.2, -0.15) is 0 Å². The Labute approximate surface area is 96.7 Å². The maximum atomic E-state index is 11.0. The van der Waals surface area contributed by atoms with Crippen molar-refractivity contribution in [2.45, 2.75) is 6.92 Å². The van der Waals surface area contributed by atoms with Crippen LogP contribution in [0.2, 0.25) is 0 Å². The van der Waals surface area contributed by atoms with Crippen molar-refractivity contribution in [3.63, 3.8) is 0 Å². The zero-order chi connectivity index (χ0) is 13.3. The van der Waals surface area contributed by atoms with Crippen molar-refractivity contribution in [2.75, 3.05) is 6.61 Å². The topological polar surface area (TPSA) is 114 Å². The van der Waals surface area contributed by atoms with Crippen LogP contribution < -0.4 is 0 Å². The predicted molar refractivity (Wildman–Crippen MR) is 55.5 cm³/mol. The molecule has 2 N–H and O–H groups in total. The third-order valence-corrected chi connectivity index (χ3v) is 1.37. The summed E-state index contributed by atoms with van der Waals surface area (Å²) in [5.41, 5.74) is 0.543. The summed E-state index contributed by atoms with van der Waals surface area (Å²) in [7, 11) is 0. The SMILES string of the molecule is CCOC(=O)c1cc[15n]cc1.O=C(O)C(=O)O. The molecule has 1 aromatic rings. The number of pyridine rings is 1. The highest BCUT2D eigenvalue weighted by atomic mass is 16.5. The Bertz CT molecular complexity index is 377. The molecule has 0 radical (unpaired) electrons. The van der Waals surface area contributed by atoms with E-state index in [4.69, 9.17) is 24.5 Å². The minimum Gasteiger partial charge on any atom is -0.473 e. The second kappa shape index (κ2) is 7.80. The summed E-state index contributed by atoms with van der Waals surface area (Å²) in [5.74, 6) is -3.94. The van der Waals surface area contributed by atoms with E-state index in [0.717, 1.165) is 0 Å². The Kier molecular flexibility index (Phi) is 6.68. The Hall–Kier alpha value is -2.44. The number of hydrogen-bond donors (Lipinski definition) is 2. The maximum Gasteiger partial charge on any atom is 0.414 e. The molecule has 0 saturated heterocycles. The van der Waals surface area contributed by atoms with Crippen LogP contribution in [0.1, 0.15) is 17.3 Å². The maximum absolute atomic E-state index is 11.0. The molecule has 1 rings (SSSR count). The van der Waals surface area contributed by atoms with Crippen molar-refractivity contribution in [1.82, 2.24) is 4.98 Å². The van der Waals surface area contributed by atoms with Crippen molar-refractivity contribution in [2.24, 2.45) is 0 Å². The molecule has 92 valence electrons. The molecule has 0 aliphatic rings. The van der Waals surface area contributed by atoms with Crippen molar-refractivity contribution in [3.05, 3.63) is 30.1 Å². The van der Waals surface area contributed by atoms with Gasteiger partial charge >= 0.3 is 17.9 Å². The molecule has 0 fully saturated rings. The van der Waals surface area contributed by atoms with Crippen molar-refractivity contribution in [1.29, 1.82) is 0 Å². The molecule has 1 aromatic heterocycles. The van der Waals surface area contributed by atoms with Gasteiger partial charge in [0.15, 0.2) is 0 Å². The molecule has 0 aromatic carbocycles. The largest absolute Gasteiger partial charge is 0.473 e. The van der Waals surface area contributed by atoms with Crippen molar-refractivity contribution >= 4 is 17.9 Å². The van der Waals surface area contributed by atoms with Crippen LogP contribution in [0, 0.1) is 0 Å². The van der Waals surface area contributed by atoms with Crippen LogP contribution in [0.5, 0.6) is 0 Å². The average Bonchev–Trinajstić information content (AvgIpc) is 2.31. The molecule has 17 heavy (non-hydrogen) atoms. The van der Waals surface area contributed by atoms with E-state index in [0.29, 0.717) is 12.2 Å². The molecule has 7 nitrogen and oxygen atoms in total. The van der Waals surface area contributed by atoms with E-state index in [1.807, 2.05) is 0 Å². The van der Waals surface area contributed by atoms with Crippen molar-refractivity contribution < 1.29 is 29.3 Å². The molecule has 0 aliphatic heterocycles. The first-order chi connectivity index (χ1) is 7.99. The third-order valence-electron chi connectivity index (χ3n) is 1.37. The van der Waals surface area contributed by atoms with Gasteiger partial charge in [0.1, 0.15) is 0 Å². The molecule has 0 aliphatic carbocycles. The Morgan fingerprint density at radius 3 is 2.00 bits per heavy atom. The minimum absolute atomic E-state index is 0.296. The number of esters is 1. The molecule has 0 saturated carbocycles. The Balaban J connectivity index is 0.000000366. The summed E-state index contributed by atoms with van der Waals surface area (Å²) in [5, 5.41) is 14.8. The lowest BCUT2D eigenvalue weighted by Gasteiger charge is -1.98.